The Labute approximate surface area is 193 Å². The monoisotopic (exact) mass is 471 g/mol. The molecule has 0 saturated heterocycles. The summed E-state index contributed by atoms with van der Waals surface area (Å²) in [5.74, 6) is -0.374. The zero-order valence-corrected chi connectivity index (χ0v) is 20.4. The molecule has 0 unspecified atom stereocenters. The van der Waals surface area contributed by atoms with E-state index in [4.69, 9.17) is 0 Å². The summed E-state index contributed by atoms with van der Waals surface area (Å²) < 4.78 is 30.7. The highest BCUT2D eigenvalue weighted by molar-refractivity contribution is 7.89. The number of thiazole rings is 1. The van der Waals surface area contributed by atoms with Crippen LogP contribution in [0.1, 0.15) is 54.9 Å². The molecule has 1 saturated carbocycles. The fourth-order valence-corrected chi connectivity index (χ4v) is 7.00. The second kappa shape index (κ2) is 9.29. The van der Waals surface area contributed by atoms with Crippen molar-refractivity contribution in [3.05, 3.63) is 58.4 Å². The molecule has 3 aromatic rings. The molecule has 0 spiro atoms. The summed E-state index contributed by atoms with van der Waals surface area (Å²) in [6.45, 7) is 4.79. The van der Waals surface area contributed by atoms with Crippen molar-refractivity contribution in [3.63, 3.8) is 0 Å². The molecular weight excluding hydrogens is 442 g/mol. The van der Waals surface area contributed by atoms with Crippen LogP contribution in [0.25, 0.3) is 10.2 Å². The van der Waals surface area contributed by atoms with E-state index in [-0.39, 0.29) is 16.8 Å². The third-order valence-electron chi connectivity index (χ3n) is 6.28. The number of amides is 1. The van der Waals surface area contributed by atoms with Crippen molar-refractivity contribution in [2.45, 2.75) is 63.4 Å². The van der Waals surface area contributed by atoms with E-state index in [1.54, 1.807) is 19.2 Å². The second-order valence-electron chi connectivity index (χ2n) is 8.30. The molecule has 32 heavy (non-hydrogen) atoms. The lowest BCUT2D eigenvalue weighted by atomic mass is 9.96. The highest BCUT2D eigenvalue weighted by Gasteiger charge is 2.29. The number of benzene rings is 2. The summed E-state index contributed by atoms with van der Waals surface area (Å²) in [6, 6.07) is 12.3. The molecule has 0 radical (unpaired) electrons. The van der Waals surface area contributed by atoms with Gasteiger partial charge >= 0.3 is 0 Å². The molecule has 1 heterocycles. The topological polar surface area (TPSA) is 71.7 Å². The van der Waals surface area contributed by atoms with Gasteiger partial charge in [-0.3, -0.25) is 4.79 Å². The lowest BCUT2D eigenvalue weighted by molar-refractivity contribution is 0.0997. The van der Waals surface area contributed by atoms with Crippen LogP contribution in [0.2, 0.25) is 0 Å². The maximum absolute atomic E-state index is 13.0. The van der Waals surface area contributed by atoms with E-state index < -0.39 is 10.0 Å². The first-order chi connectivity index (χ1) is 15.3. The number of carbonyl (C=O) groups excluding carboxylic acids is 1. The van der Waals surface area contributed by atoms with Crippen LogP contribution in [0.4, 0.5) is 0 Å². The standard InChI is InChI=1S/C24H29N3O3S2/c1-4-27-22-17(2)9-8-12-21(22)31-24(27)25-23(28)18-13-15-20(16-14-18)32(29,30)26(3)19-10-6-5-7-11-19/h8-9,12-16,19H,4-7,10-11H2,1-3H3. The average Bonchev–Trinajstić information content (AvgIpc) is 3.17. The summed E-state index contributed by atoms with van der Waals surface area (Å²) in [5.41, 5.74) is 2.62. The smallest absolute Gasteiger partial charge is 0.279 e. The van der Waals surface area contributed by atoms with Gasteiger partial charge in [-0.1, -0.05) is 42.7 Å². The molecule has 1 fully saturated rings. The van der Waals surface area contributed by atoms with Gasteiger partial charge in [0.05, 0.1) is 15.1 Å². The largest absolute Gasteiger partial charge is 0.316 e. The molecule has 170 valence electrons. The first kappa shape index (κ1) is 22.9. The third-order valence-corrected chi connectivity index (χ3v) is 9.25. The average molecular weight is 472 g/mol. The van der Waals surface area contributed by atoms with Gasteiger partial charge in [-0.05, 0) is 62.6 Å². The summed E-state index contributed by atoms with van der Waals surface area (Å²) in [7, 11) is -1.92. The highest BCUT2D eigenvalue weighted by Crippen LogP contribution is 2.27. The number of para-hydroxylation sites is 1. The van der Waals surface area contributed by atoms with E-state index in [0.717, 1.165) is 41.5 Å². The van der Waals surface area contributed by atoms with Crippen LogP contribution in [0.3, 0.4) is 0 Å². The first-order valence-corrected chi connectivity index (χ1v) is 13.3. The molecule has 0 bridgehead atoms. The second-order valence-corrected chi connectivity index (χ2v) is 11.3. The van der Waals surface area contributed by atoms with E-state index in [1.807, 2.05) is 23.6 Å². The van der Waals surface area contributed by atoms with Gasteiger partial charge in [0.15, 0.2) is 4.80 Å². The molecular formula is C24H29N3O3S2. The van der Waals surface area contributed by atoms with Crippen LogP contribution in [0.5, 0.6) is 0 Å². The van der Waals surface area contributed by atoms with E-state index >= 15 is 0 Å². The van der Waals surface area contributed by atoms with Gasteiger partial charge < -0.3 is 4.57 Å². The van der Waals surface area contributed by atoms with Crippen LogP contribution in [0.15, 0.2) is 52.4 Å². The van der Waals surface area contributed by atoms with Gasteiger partial charge in [-0.25, -0.2) is 8.42 Å². The van der Waals surface area contributed by atoms with Gasteiger partial charge in [-0.15, -0.1) is 0 Å². The predicted molar refractivity (Wildman–Crippen MR) is 128 cm³/mol. The Morgan fingerprint density at radius 2 is 1.81 bits per heavy atom. The van der Waals surface area contributed by atoms with Gasteiger partial charge in [0.2, 0.25) is 10.0 Å². The SMILES string of the molecule is CCn1c(=NC(=O)c2ccc(S(=O)(=O)N(C)C3CCCCC3)cc2)sc2cccc(C)c21. The number of hydrogen-bond acceptors (Lipinski definition) is 4. The first-order valence-electron chi connectivity index (χ1n) is 11.1. The molecule has 2 aromatic carbocycles. The van der Waals surface area contributed by atoms with Gasteiger partial charge in [0.1, 0.15) is 0 Å². The normalized spacial score (nSPS) is 16.2. The Hall–Kier alpha value is -2.29. The Balaban J connectivity index is 1.61. The Morgan fingerprint density at radius 1 is 1.12 bits per heavy atom. The summed E-state index contributed by atoms with van der Waals surface area (Å²) in [4.78, 5) is 18.1. The van der Waals surface area contributed by atoms with Crippen molar-refractivity contribution < 1.29 is 13.2 Å². The predicted octanol–water partition coefficient (Wildman–Crippen LogP) is 4.73. The number of fused-ring (bicyclic) bond motifs is 1. The molecule has 1 aromatic heterocycles. The number of carbonyl (C=O) groups is 1. The maximum Gasteiger partial charge on any atom is 0.279 e. The molecule has 8 heteroatoms. The van der Waals surface area contributed by atoms with Crippen LogP contribution < -0.4 is 4.80 Å². The van der Waals surface area contributed by atoms with Crippen LogP contribution in [0, 0.1) is 6.92 Å². The number of aryl methyl sites for hydroxylation is 2. The molecule has 1 aliphatic carbocycles. The van der Waals surface area contributed by atoms with Gasteiger partial charge in [0, 0.05) is 25.2 Å². The minimum atomic E-state index is -3.58. The number of hydrogen-bond donors (Lipinski definition) is 0. The van der Waals surface area contributed by atoms with Gasteiger partial charge in [-0.2, -0.15) is 9.30 Å². The number of nitrogens with zero attached hydrogens (tertiary/aromatic N) is 3. The lowest BCUT2D eigenvalue weighted by Crippen LogP contribution is -2.38. The van der Waals surface area contributed by atoms with Gasteiger partial charge in [0.25, 0.3) is 5.91 Å². The van der Waals surface area contributed by atoms with Crippen molar-refractivity contribution in [1.29, 1.82) is 0 Å². The molecule has 0 atom stereocenters. The zero-order valence-electron chi connectivity index (χ0n) is 18.7. The Kier molecular flexibility index (Phi) is 6.65. The van der Waals surface area contributed by atoms with Crippen molar-refractivity contribution in [3.8, 4) is 0 Å². The molecule has 1 amide bonds. The molecule has 0 aliphatic heterocycles. The minimum absolute atomic E-state index is 0.0472. The Bertz CT molecular complexity index is 1300. The number of aromatic nitrogens is 1. The van der Waals surface area contributed by atoms with Crippen molar-refractivity contribution in [1.82, 2.24) is 8.87 Å². The fourth-order valence-electron chi connectivity index (χ4n) is 4.41. The van der Waals surface area contributed by atoms with Crippen molar-refractivity contribution in [2.24, 2.45) is 4.99 Å². The summed E-state index contributed by atoms with van der Waals surface area (Å²) in [5, 5.41) is 0. The van der Waals surface area contributed by atoms with Crippen LogP contribution in [-0.4, -0.2) is 36.3 Å². The minimum Gasteiger partial charge on any atom is -0.316 e. The van der Waals surface area contributed by atoms with E-state index in [1.165, 1.54) is 34.2 Å². The fraction of sp³-hybridized carbons (Fsp3) is 0.417. The van der Waals surface area contributed by atoms with Crippen molar-refractivity contribution in [2.75, 3.05) is 7.05 Å². The number of sulfonamides is 1. The zero-order chi connectivity index (χ0) is 22.9. The summed E-state index contributed by atoms with van der Waals surface area (Å²) >= 11 is 1.49. The molecule has 6 nitrogen and oxygen atoms in total. The Morgan fingerprint density at radius 3 is 2.47 bits per heavy atom. The van der Waals surface area contributed by atoms with Crippen molar-refractivity contribution >= 4 is 37.5 Å². The third kappa shape index (κ3) is 4.31. The van der Waals surface area contributed by atoms with Crippen LogP contribution in [-0.2, 0) is 16.6 Å². The van der Waals surface area contributed by atoms with E-state index in [9.17, 15) is 13.2 Å². The van der Waals surface area contributed by atoms with Crippen LogP contribution >= 0.6 is 11.3 Å². The maximum atomic E-state index is 13.0. The molecule has 0 N–H and O–H groups in total. The quantitative estimate of drug-likeness (QED) is 0.540. The van der Waals surface area contributed by atoms with E-state index in [0.29, 0.717) is 16.9 Å². The summed E-state index contributed by atoms with van der Waals surface area (Å²) in [6.07, 6.45) is 5.10. The van der Waals surface area contributed by atoms with E-state index in [2.05, 4.69) is 18.0 Å². The number of rotatable bonds is 5. The molecule has 1 aliphatic rings. The highest BCUT2D eigenvalue weighted by atomic mass is 32.2. The lowest BCUT2D eigenvalue weighted by Gasteiger charge is -2.30. The molecule has 4 rings (SSSR count).